The zero-order valence-electron chi connectivity index (χ0n) is 17.8. The molecule has 2 aliphatic carbocycles. The highest BCUT2D eigenvalue weighted by Gasteiger charge is 2.23. The van der Waals surface area contributed by atoms with E-state index in [2.05, 4.69) is 31.2 Å². The van der Waals surface area contributed by atoms with Gasteiger partial charge in [0, 0.05) is 0 Å². The Labute approximate surface area is 178 Å². The molecule has 2 aliphatic rings. The molecule has 1 fully saturated rings. The van der Waals surface area contributed by atoms with Gasteiger partial charge in [0.15, 0.2) is 17.5 Å². The summed E-state index contributed by atoms with van der Waals surface area (Å²) in [7, 11) is 0. The van der Waals surface area contributed by atoms with Crippen molar-refractivity contribution in [2.45, 2.75) is 77.0 Å². The number of fused-ring (bicyclic) bond motifs is 1. The second-order valence-corrected chi connectivity index (χ2v) is 9.06. The van der Waals surface area contributed by atoms with Crippen molar-refractivity contribution in [3.8, 4) is 0 Å². The van der Waals surface area contributed by atoms with Crippen LogP contribution in [0.4, 0.5) is 13.2 Å². The van der Waals surface area contributed by atoms with Crippen LogP contribution in [-0.2, 0) is 6.42 Å². The third-order valence-corrected chi connectivity index (χ3v) is 7.09. The van der Waals surface area contributed by atoms with Gasteiger partial charge in [0.05, 0.1) is 0 Å². The summed E-state index contributed by atoms with van der Waals surface area (Å²) in [5.41, 5.74) is 4.28. The molecule has 0 nitrogen and oxygen atoms in total. The average molecular weight is 413 g/mol. The highest BCUT2D eigenvalue weighted by atomic mass is 19.2. The lowest BCUT2D eigenvalue weighted by atomic mass is 9.76. The van der Waals surface area contributed by atoms with Crippen LogP contribution in [0.1, 0.15) is 92.9 Å². The van der Waals surface area contributed by atoms with Crippen molar-refractivity contribution < 1.29 is 13.2 Å². The zero-order valence-corrected chi connectivity index (χ0v) is 17.8. The Bertz CT molecular complexity index is 903. The molecule has 3 heteroatoms. The fourth-order valence-corrected chi connectivity index (χ4v) is 5.22. The number of benzene rings is 2. The van der Waals surface area contributed by atoms with Crippen molar-refractivity contribution in [3.05, 3.63) is 70.0 Å². The standard InChI is InChI=1S/C27H31F3/c1-2-3-4-5-18-6-8-19(9-7-18)20-10-12-21(13-11-20)22-14-15-24-23(16-22)17-25(28)27(30)26(24)29/h10-13,16-19H,2-9,14-15H2,1H3. The predicted octanol–water partition coefficient (Wildman–Crippen LogP) is 8.44. The lowest BCUT2D eigenvalue weighted by Gasteiger charge is -2.29. The van der Waals surface area contributed by atoms with Gasteiger partial charge >= 0.3 is 0 Å². The van der Waals surface area contributed by atoms with E-state index in [1.165, 1.54) is 56.9 Å². The minimum absolute atomic E-state index is 0.282. The molecule has 0 amide bonds. The van der Waals surface area contributed by atoms with Gasteiger partial charge in [0.25, 0.3) is 0 Å². The molecule has 0 bridgehead atoms. The maximum atomic E-state index is 14.0. The topological polar surface area (TPSA) is 0 Å². The molecule has 0 unspecified atom stereocenters. The molecule has 0 atom stereocenters. The molecular formula is C27H31F3. The summed E-state index contributed by atoms with van der Waals surface area (Å²) in [6.45, 7) is 2.26. The van der Waals surface area contributed by atoms with E-state index >= 15 is 0 Å². The SMILES string of the molecule is CCCCCC1CCC(c2ccc(C3=Cc4cc(F)c(F)c(F)c4CC3)cc2)CC1. The van der Waals surface area contributed by atoms with Crippen molar-refractivity contribution in [2.24, 2.45) is 5.92 Å². The van der Waals surface area contributed by atoms with Gasteiger partial charge in [0.1, 0.15) is 0 Å². The van der Waals surface area contributed by atoms with Crippen LogP contribution in [-0.4, -0.2) is 0 Å². The molecule has 30 heavy (non-hydrogen) atoms. The van der Waals surface area contributed by atoms with E-state index in [0.717, 1.165) is 23.1 Å². The van der Waals surface area contributed by atoms with E-state index in [1.54, 1.807) is 6.08 Å². The second kappa shape index (κ2) is 9.41. The molecule has 0 heterocycles. The number of hydrogen-bond donors (Lipinski definition) is 0. The maximum absolute atomic E-state index is 14.0. The first-order chi connectivity index (χ1) is 14.6. The van der Waals surface area contributed by atoms with Crippen molar-refractivity contribution in [1.29, 1.82) is 0 Å². The van der Waals surface area contributed by atoms with Crippen LogP contribution in [0.3, 0.4) is 0 Å². The van der Waals surface area contributed by atoms with E-state index in [0.29, 0.717) is 24.3 Å². The summed E-state index contributed by atoms with van der Waals surface area (Å²) in [5.74, 6) is -1.97. The van der Waals surface area contributed by atoms with Crippen LogP contribution in [0, 0.1) is 23.4 Å². The Morgan fingerprint density at radius 3 is 2.30 bits per heavy atom. The van der Waals surface area contributed by atoms with Crippen LogP contribution >= 0.6 is 0 Å². The molecule has 1 saturated carbocycles. The Hall–Kier alpha value is -2.03. The van der Waals surface area contributed by atoms with Crippen LogP contribution in [0.15, 0.2) is 30.3 Å². The molecule has 0 saturated heterocycles. The van der Waals surface area contributed by atoms with Crippen LogP contribution in [0.5, 0.6) is 0 Å². The van der Waals surface area contributed by atoms with Gasteiger partial charge in [0.2, 0.25) is 0 Å². The monoisotopic (exact) mass is 412 g/mol. The molecule has 2 aromatic carbocycles. The van der Waals surface area contributed by atoms with Crippen LogP contribution in [0.2, 0.25) is 0 Å². The van der Waals surface area contributed by atoms with Gasteiger partial charge in [-0.2, -0.15) is 0 Å². The quantitative estimate of drug-likeness (QED) is 0.330. The van der Waals surface area contributed by atoms with Crippen LogP contribution < -0.4 is 0 Å². The molecule has 0 aliphatic heterocycles. The lowest BCUT2D eigenvalue weighted by Crippen LogP contribution is -2.13. The average Bonchev–Trinajstić information content (AvgIpc) is 2.78. The highest BCUT2D eigenvalue weighted by molar-refractivity contribution is 5.84. The summed E-state index contributed by atoms with van der Waals surface area (Å²) < 4.78 is 41.1. The van der Waals surface area contributed by atoms with Crippen LogP contribution in [0.25, 0.3) is 11.6 Å². The highest BCUT2D eigenvalue weighted by Crippen LogP contribution is 2.39. The summed E-state index contributed by atoms with van der Waals surface area (Å²) in [4.78, 5) is 0. The molecule has 0 aromatic heterocycles. The molecule has 4 rings (SSSR count). The van der Waals surface area contributed by atoms with Crippen molar-refractivity contribution in [1.82, 2.24) is 0 Å². The smallest absolute Gasteiger partial charge is 0.194 e. The van der Waals surface area contributed by atoms with E-state index in [1.807, 2.05) is 0 Å². The first-order valence-electron chi connectivity index (χ1n) is 11.5. The molecule has 2 aromatic rings. The first kappa shape index (κ1) is 21.2. The number of hydrogen-bond acceptors (Lipinski definition) is 0. The normalized spacial score (nSPS) is 21.3. The predicted molar refractivity (Wildman–Crippen MR) is 118 cm³/mol. The second-order valence-electron chi connectivity index (χ2n) is 9.06. The van der Waals surface area contributed by atoms with Gasteiger partial charge in [-0.05, 0) is 84.3 Å². The number of unbranched alkanes of at least 4 members (excludes halogenated alkanes) is 2. The van der Waals surface area contributed by atoms with E-state index in [-0.39, 0.29) is 5.56 Å². The summed E-state index contributed by atoms with van der Waals surface area (Å²) in [6.07, 6.45) is 13.5. The zero-order chi connectivity index (χ0) is 21.1. The molecule has 0 N–H and O–H groups in total. The Morgan fingerprint density at radius 1 is 0.867 bits per heavy atom. The molecule has 0 spiro atoms. The van der Waals surface area contributed by atoms with Crippen molar-refractivity contribution in [3.63, 3.8) is 0 Å². The Kier molecular flexibility index (Phi) is 6.65. The fourth-order valence-electron chi connectivity index (χ4n) is 5.22. The van der Waals surface area contributed by atoms with E-state index in [4.69, 9.17) is 0 Å². The van der Waals surface area contributed by atoms with Gasteiger partial charge in [-0.25, -0.2) is 13.2 Å². The van der Waals surface area contributed by atoms with Gasteiger partial charge < -0.3 is 0 Å². The minimum Gasteiger partial charge on any atom is -0.204 e. The third kappa shape index (κ3) is 4.50. The third-order valence-electron chi connectivity index (χ3n) is 7.09. The first-order valence-corrected chi connectivity index (χ1v) is 11.5. The van der Waals surface area contributed by atoms with Crippen molar-refractivity contribution >= 4 is 11.6 Å². The van der Waals surface area contributed by atoms with Gasteiger partial charge in [-0.3, -0.25) is 0 Å². The largest absolute Gasteiger partial charge is 0.204 e. The Morgan fingerprint density at radius 2 is 1.60 bits per heavy atom. The number of halogens is 3. The number of rotatable bonds is 6. The molecule has 160 valence electrons. The molecule has 0 radical (unpaired) electrons. The van der Waals surface area contributed by atoms with Crippen molar-refractivity contribution in [2.75, 3.05) is 0 Å². The summed E-state index contributed by atoms with van der Waals surface area (Å²) in [5, 5.41) is 0. The summed E-state index contributed by atoms with van der Waals surface area (Å²) in [6, 6.07) is 9.82. The van der Waals surface area contributed by atoms with E-state index in [9.17, 15) is 13.2 Å². The fraction of sp³-hybridized carbons (Fsp3) is 0.481. The summed E-state index contributed by atoms with van der Waals surface area (Å²) >= 11 is 0. The maximum Gasteiger partial charge on any atom is 0.194 e. The molecular weight excluding hydrogens is 381 g/mol. The van der Waals surface area contributed by atoms with Gasteiger partial charge in [-0.1, -0.05) is 62.9 Å². The Balaban J connectivity index is 1.42. The lowest BCUT2D eigenvalue weighted by molar-refractivity contribution is 0.303. The van der Waals surface area contributed by atoms with Gasteiger partial charge in [-0.15, -0.1) is 0 Å². The number of allylic oxidation sites excluding steroid dienone is 1. The minimum atomic E-state index is -1.37. The van der Waals surface area contributed by atoms with E-state index < -0.39 is 17.5 Å².